The summed E-state index contributed by atoms with van der Waals surface area (Å²) in [6.07, 6.45) is 0. The van der Waals surface area contributed by atoms with Gasteiger partial charge >= 0.3 is 0 Å². The highest BCUT2D eigenvalue weighted by atomic mass is 32.2. The van der Waals surface area contributed by atoms with Gasteiger partial charge in [-0.2, -0.15) is 0 Å². The zero-order valence-electron chi connectivity index (χ0n) is 18.3. The summed E-state index contributed by atoms with van der Waals surface area (Å²) in [4.78, 5) is 28.8. The Morgan fingerprint density at radius 2 is 1.67 bits per heavy atom. The molecule has 0 fully saturated rings. The average Bonchev–Trinajstić information content (AvgIpc) is 2.75. The molecule has 0 atom stereocenters. The van der Waals surface area contributed by atoms with Crippen LogP contribution in [0, 0.1) is 13.8 Å². The molecule has 168 valence electrons. The summed E-state index contributed by atoms with van der Waals surface area (Å²) < 4.78 is 29.8. The van der Waals surface area contributed by atoms with Crippen LogP contribution in [-0.4, -0.2) is 23.9 Å². The maximum atomic E-state index is 13.0. The lowest BCUT2D eigenvalue weighted by molar-refractivity contribution is -0.114. The summed E-state index contributed by atoms with van der Waals surface area (Å²) in [5, 5.41) is 3.10. The molecule has 0 unspecified atom stereocenters. The van der Waals surface area contributed by atoms with E-state index < -0.39 is 10.0 Å². The number of fused-ring (bicyclic) bond motifs is 1. The number of nitrogens with one attached hydrogen (secondary N) is 2. The molecule has 3 aromatic carbocycles. The third kappa shape index (κ3) is 4.49. The maximum absolute atomic E-state index is 13.0. The highest BCUT2D eigenvalue weighted by Crippen LogP contribution is 2.24. The molecule has 0 saturated heterocycles. The predicted octanol–water partition coefficient (Wildman–Crippen LogP) is 3.76. The van der Waals surface area contributed by atoms with Crippen molar-refractivity contribution in [3.63, 3.8) is 0 Å². The van der Waals surface area contributed by atoms with Crippen LogP contribution in [0.3, 0.4) is 0 Å². The lowest BCUT2D eigenvalue weighted by atomic mass is 10.1. The highest BCUT2D eigenvalue weighted by Gasteiger charge is 2.17. The molecule has 0 spiro atoms. The van der Waals surface area contributed by atoms with E-state index in [1.807, 2.05) is 6.07 Å². The fourth-order valence-corrected chi connectivity index (χ4v) is 4.70. The maximum Gasteiger partial charge on any atom is 0.265 e. The summed E-state index contributed by atoms with van der Waals surface area (Å²) in [6.45, 7) is 4.89. The summed E-state index contributed by atoms with van der Waals surface area (Å²) in [7, 11) is -3.85. The first-order chi connectivity index (χ1) is 15.7. The normalized spacial score (nSPS) is 11.4. The molecule has 0 aliphatic heterocycles. The van der Waals surface area contributed by atoms with Gasteiger partial charge in [0.25, 0.3) is 15.6 Å². The van der Waals surface area contributed by atoms with Gasteiger partial charge in [0, 0.05) is 12.6 Å². The second-order valence-electron chi connectivity index (χ2n) is 7.63. The summed E-state index contributed by atoms with van der Waals surface area (Å²) >= 11 is 0. The summed E-state index contributed by atoms with van der Waals surface area (Å²) in [5.41, 5.74) is 2.57. The van der Waals surface area contributed by atoms with Crippen LogP contribution in [-0.2, 0) is 14.8 Å². The lowest BCUT2D eigenvalue weighted by Gasteiger charge is -2.15. The summed E-state index contributed by atoms with van der Waals surface area (Å²) in [6, 6.07) is 18.1. The topological polar surface area (TPSA) is 110 Å². The SMILES string of the molecule is CC(=O)Nc1ccc(S(=O)(=O)Nc2ccc(-n3c(C)nc4ccccc4c3=O)cc2C)cc1. The van der Waals surface area contributed by atoms with Crippen molar-refractivity contribution in [3.8, 4) is 5.69 Å². The van der Waals surface area contributed by atoms with Crippen molar-refractivity contribution in [1.82, 2.24) is 9.55 Å². The molecule has 33 heavy (non-hydrogen) atoms. The first-order valence-corrected chi connectivity index (χ1v) is 11.6. The van der Waals surface area contributed by atoms with Gasteiger partial charge in [-0.1, -0.05) is 12.1 Å². The molecule has 1 amide bonds. The Morgan fingerprint density at radius 1 is 0.970 bits per heavy atom. The zero-order chi connectivity index (χ0) is 23.8. The monoisotopic (exact) mass is 462 g/mol. The van der Waals surface area contributed by atoms with Gasteiger partial charge < -0.3 is 5.32 Å². The molecular formula is C24H22N4O4S. The van der Waals surface area contributed by atoms with Crippen LogP contribution in [0.5, 0.6) is 0 Å². The zero-order valence-corrected chi connectivity index (χ0v) is 19.1. The van der Waals surface area contributed by atoms with Crippen molar-refractivity contribution >= 4 is 38.2 Å². The molecule has 0 bridgehead atoms. The molecule has 0 radical (unpaired) electrons. The van der Waals surface area contributed by atoms with E-state index in [1.54, 1.807) is 50.2 Å². The molecule has 8 nitrogen and oxygen atoms in total. The van der Waals surface area contributed by atoms with Gasteiger partial charge in [-0.3, -0.25) is 18.9 Å². The number of hydrogen-bond acceptors (Lipinski definition) is 5. The Balaban J connectivity index is 1.65. The molecule has 2 N–H and O–H groups in total. The molecule has 4 aromatic rings. The number of para-hydroxylation sites is 1. The second kappa shape index (κ2) is 8.51. The standard InChI is InChI=1S/C24H22N4O4S/c1-15-14-19(28-16(2)25-23-7-5-4-6-21(23)24(28)30)10-13-22(15)27-33(31,32)20-11-8-18(9-12-20)26-17(3)29/h4-14,27H,1-3H3,(H,26,29). The molecule has 0 aliphatic rings. The molecule has 0 saturated carbocycles. The fraction of sp³-hybridized carbons (Fsp3) is 0.125. The predicted molar refractivity (Wildman–Crippen MR) is 128 cm³/mol. The minimum Gasteiger partial charge on any atom is -0.326 e. The minimum atomic E-state index is -3.85. The van der Waals surface area contributed by atoms with Gasteiger partial charge in [-0.05, 0) is 74.0 Å². The third-order valence-corrected chi connectivity index (χ3v) is 6.52. The number of aromatic nitrogens is 2. The first kappa shape index (κ1) is 22.2. The van der Waals surface area contributed by atoms with E-state index in [0.29, 0.717) is 39.4 Å². The smallest absolute Gasteiger partial charge is 0.265 e. The Kier molecular flexibility index (Phi) is 5.73. The number of carbonyl (C=O) groups excluding carboxylic acids is 1. The number of sulfonamides is 1. The molecule has 1 aromatic heterocycles. The van der Waals surface area contributed by atoms with Crippen LogP contribution in [0.2, 0.25) is 0 Å². The summed E-state index contributed by atoms with van der Waals surface area (Å²) in [5.74, 6) is 0.293. The van der Waals surface area contributed by atoms with Gasteiger partial charge in [-0.25, -0.2) is 13.4 Å². The number of nitrogens with zero attached hydrogens (tertiary/aromatic N) is 2. The van der Waals surface area contributed by atoms with Crippen molar-refractivity contribution in [1.29, 1.82) is 0 Å². The van der Waals surface area contributed by atoms with Crippen molar-refractivity contribution in [2.45, 2.75) is 25.7 Å². The minimum absolute atomic E-state index is 0.0610. The number of aryl methyl sites for hydroxylation is 2. The van der Waals surface area contributed by atoms with E-state index in [9.17, 15) is 18.0 Å². The molecular weight excluding hydrogens is 440 g/mol. The third-order valence-electron chi connectivity index (χ3n) is 5.14. The Hall–Kier alpha value is -3.98. The number of anilines is 2. The van der Waals surface area contributed by atoms with Crippen LogP contribution in [0.15, 0.2) is 76.4 Å². The number of rotatable bonds is 5. The van der Waals surface area contributed by atoms with E-state index in [4.69, 9.17) is 0 Å². The van der Waals surface area contributed by atoms with E-state index >= 15 is 0 Å². The van der Waals surface area contributed by atoms with Crippen molar-refractivity contribution in [2.75, 3.05) is 10.0 Å². The van der Waals surface area contributed by atoms with E-state index in [-0.39, 0.29) is 16.4 Å². The molecule has 1 heterocycles. The van der Waals surface area contributed by atoms with Crippen molar-refractivity contribution in [3.05, 3.63) is 88.5 Å². The fourth-order valence-electron chi connectivity index (χ4n) is 3.57. The van der Waals surface area contributed by atoms with Crippen molar-refractivity contribution < 1.29 is 13.2 Å². The van der Waals surface area contributed by atoms with E-state index in [0.717, 1.165) is 0 Å². The van der Waals surface area contributed by atoms with Crippen LogP contribution in [0.25, 0.3) is 16.6 Å². The van der Waals surface area contributed by atoms with Crippen LogP contribution in [0.4, 0.5) is 11.4 Å². The second-order valence-corrected chi connectivity index (χ2v) is 9.31. The van der Waals surface area contributed by atoms with Gasteiger partial charge in [0.15, 0.2) is 0 Å². The number of carbonyl (C=O) groups is 1. The van der Waals surface area contributed by atoms with Gasteiger partial charge in [0.2, 0.25) is 5.91 Å². The molecule has 0 aliphatic carbocycles. The van der Waals surface area contributed by atoms with Crippen LogP contribution < -0.4 is 15.6 Å². The van der Waals surface area contributed by atoms with Crippen LogP contribution >= 0.6 is 0 Å². The number of amides is 1. The lowest BCUT2D eigenvalue weighted by Crippen LogP contribution is -2.22. The molecule has 9 heteroatoms. The number of hydrogen-bond donors (Lipinski definition) is 2. The Morgan fingerprint density at radius 3 is 2.33 bits per heavy atom. The Bertz CT molecular complexity index is 1540. The quantitative estimate of drug-likeness (QED) is 0.469. The largest absolute Gasteiger partial charge is 0.326 e. The average molecular weight is 463 g/mol. The molecule has 4 rings (SSSR count). The van der Waals surface area contributed by atoms with E-state index in [2.05, 4.69) is 15.0 Å². The van der Waals surface area contributed by atoms with Gasteiger partial charge in [-0.15, -0.1) is 0 Å². The van der Waals surface area contributed by atoms with Gasteiger partial charge in [0.05, 0.1) is 27.2 Å². The number of benzene rings is 3. The Labute approximate surface area is 191 Å². The van der Waals surface area contributed by atoms with Crippen molar-refractivity contribution in [2.24, 2.45) is 0 Å². The van der Waals surface area contributed by atoms with Crippen LogP contribution in [0.1, 0.15) is 18.3 Å². The van der Waals surface area contributed by atoms with E-state index in [1.165, 1.54) is 35.8 Å². The highest BCUT2D eigenvalue weighted by molar-refractivity contribution is 7.92. The first-order valence-electron chi connectivity index (χ1n) is 10.2. The van der Waals surface area contributed by atoms with Gasteiger partial charge in [0.1, 0.15) is 5.82 Å².